The smallest absolute Gasteiger partial charge is 0.244 e. The second-order valence-electron chi connectivity index (χ2n) is 4.73. The van der Waals surface area contributed by atoms with Gasteiger partial charge in [-0.15, -0.1) is 0 Å². The van der Waals surface area contributed by atoms with E-state index in [0.717, 1.165) is 18.9 Å². The normalized spacial score (nSPS) is 20.9. The zero-order valence-electron chi connectivity index (χ0n) is 10.6. The molecule has 4 nitrogen and oxygen atoms in total. The lowest BCUT2D eigenvalue weighted by atomic mass is 10.1. The van der Waals surface area contributed by atoms with Gasteiger partial charge in [-0.3, -0.25) is 0 Å². The summed E-state index contributed by atoms with van der Waals surface area (Å²) in [5, 5.41) is 0. The Morgan fingerprint density at radius 2 is 2.21 bits per heavy atom. The van der Waals surface area contributed by atoms with E-state index in [0.29, 0.717) is 19.0 Å². The summed E-state index contributed by atoms with van der Waals surface area (Å²) in [6, 6.07) is 2.27. The number of hydrogen-bond donors (Lipinski definition) is 1. The first kappa shape index (κ1) is 14.7. The second kappa shape index (κ2) is 5.38. The van der Waals surface area contributed by atoms with Crippen molar-refractivity contribution in [2.45, 2.75) is 24.7 Å². The summed E-state index contributed by atoms with van der Waals surface area (Å²) < 4.78 is 39.9. The van der Waals surface area contributed by atoms with Gasteiger partial charge >= 0.3 is 0 Å². The summed E-state index contributed by atoms with van der Waals surface area (Å²) in [5.41, 5.74) is 5.30. The van der Waals surface area contributed by atoms with E-state index in [1.807, 2.05) is 6.92 Å². The number of benzene rings is 1. The van der Waals surface area contributed by atoms with Crippen LogP contribution in [0, 0.1) is 11.7 Å². The van der Waals surface area contributed by atoms with Gasteiger partial charge in [-0.05, 0) is 40.4 Å². The molecule has 1 unspecified atom stereocenters. The molecule has 19 heavy (non-hydrogen) atoms. The highest BCUT2D eigenvalue weighted by molar-refractivity contribution is 9.10. The van der Waals surface area contributed by atoms with Crippen LogP contribution in [-0.4, -0.2) is 25.8 Å². The monoisotopic (exact) mass is 350 g/mol. The van der Waals surface area contributed by atoms with Crippen molar-refractivity contribution in [2.24, 2.45) is 5.92 Å². The van der Waals surface area contributed by atoms with E-state index in [-0.39, 0.29) is 15.1 Å². The molecule has 1 aliphatic heterocycles. The fraction of sp³-hybridized carbons (Fsp3) is 0.500. The van der Waals surface area contributed by atoms with Gasteiger partial charge in [0.1, 0.15) is 5.82 Å². The number of halogens is 2. The highest BCUT2D eigenvalue weighted by Gasteiger charge is 2.33. The number of nitrogens with zero attached hydrogens (tertiary/aromatic N) is 1. The third-order valence-electron chi connectivity index (χ3n) is 3.49. The predicted octanol–water partition coefficient (Wildman–Crippen LogP) is 2.59. The molecule has 0 aliphatic carbocycles. The Bertz CT molecular complexity index is 592. The molecular weight excluding hydrogens is 335 g/mol. The first-order valence-electron chi connectivity index (χ1n) is 6.11. The average molecular weight is 351 g/mol. The Hall–Kier alpha value is -0.660. The molecule has 0 radical (unpaired) electrons. The van der Waals surface area contributed by atoms with Crippen LogP contribution in [0.4, 0.5) is 10.1 Å². The topological polar surface area (TPSA) is 63.4 Å². The Morgan fingerprint density at radius 3 is 2.79 bits per heavy atom. The highest BCUT2D eigenvalue weighted by Crippen LogP contribution is 2.32. The van der Waals surface area contributed by atoms with Crippen molar-refractivity contribution in [1.29, 1.82) is 0 Å². The van der Waals surface area contributed by atoms with Crippen molar-refractivity contribution in [3.8, 4) is 0 Å². The number of hydrogen-bond acceptors (Lipinski definition) is 3. The van der Waals surface area contributed by atoms with Gasteiger partial charge in [0.15, 0.2) is 0 Å². The maximum Gasteiger partial charge on any atom is 0.244 e. The van der Waals surface area contributed by atoms with Crippen LogP contribution >= 0.6 is 15.9 Å². The molecule has 1 aromatic rings. The van der Waals surface area contributed by atoms with Crippen molar-refractivity contribution >= 4 is 31.6 Å². The van der Waals surface area contributed by atoms with E-state index < -0.39 is 15.8 Å². The highest BCUT2D eigenvalue weighted by atomic mass is 79.9. The van der Waals surface area contributed by atoms with Crippen molar-refractivity contribution in [2.75, 3.05) is 18.8 Å². The van der Waals surface area contributed by atoms with E-state index in [1.165, 1.54) is 10.4 Å². The number of rotatable bonds is 3. The minimum atomic E-state index is -3.61. The Kier molecular flexibility index (Phi) is 4.17. The van der Waals surface area contributed by atoms with Crippen LogP contribution in [0.2, 0.25) is 0 Å². The SMILES string of the molecule is CCC1CCN(S(=O)(=O)c2cc(N)c(F)cc2Br)C1. The number of anilines is 1. The molecule has 106 valence electrons. The summed E-state index contributed by atoms with van der Waals surface area (Å²) in [5.74, 6) is -0.231. The van der Waals surface area contributed by atoms with Crippen LogP contribution in [0.25, 0.3) is 0 Å². The van der Waals surface area contributed by atoms with Crippen LogP contribution < -0.4 is 5.73 Å². The van der Waals surface area contributed by atoms with E-state index in [4.69, 9.17) is 5.73 Å². The number of nitrogens with two attached hydrogens (primary N) is 1. The fourth-order valence-electron chi connectivity index (χ4n) is 2.23. The van der Waals surface area contributed by atoms with E-state index in [9.17, 15) is 12.8 Å². The van der Waals surface area contributed by atoms with Crippen LogP contribution in [0.3, 0.4) is 0 Å². The third kappa shape index (κ3) is 2.78. The Morgan fingerprint density at radius 1 is 1.53 bits per heavy atom. The molecule has 1 saturated heterocycles. The fourth-order valence-corrected chi connectivity index (χ4v) is 4.77. The lowest BCUT2D eigenvalue weighted by Gasteiger charge is -2.18. The molecule has 2 N–H and O–H groups in total. The summed E-state index contributed by atoms with van der Waals surface area (Å²) in [4.78, 5) is 0.0307. The molecule has 0 spiro atoms. The minimum absolute atomic E-state index is 0.0307. The molecule has 1 aromatic carbocycles. The maximum absolute atomic E-state index is 13.3. The lowest BCUT2D eigenvalue weighted by molar-refractivity contribution is 0.452. The largest absolute Gasteiger partial charge is 0.396 e. The molecule has 0 aromatic heterocycles. The third-order valence-corrected chi connectivity index (χ3v) is 6.32. The Balaban J connectivity index is 2.38. The minimum Gasteiger partial charge on any atom is -0.396 e. The number of sulfonamides is 1. The summed E-state index contributed by atoms with van der Waals surface area (Å²) in [6.45, 7) is 3.07. The van der Waals surface area contributed by atoms with Crippen LogP contribution in [0.15, 0.2) is 21.5 Å². The second-order valence-corrected chi connectivity index (χ2v) is 7.49. The van der Waals surface area contributed by atoms with Crippen molar-refractivity contribution in [1.82, 2.24) is 4.31 Å². The van der Waals surface area contributed by atoms with Crippen LogP contribution in [0.1, 0.15) is 19.8 Å². The molecule has 0 saturated carbocycles. The first-order chi connectivity index (χ1) is 8.86. The van der Waals surface area contributed by atoms with Gasteiger partial charge < -0.3 is 5.73 Å². The molecule has 2 rings (SSSR count). The van der Waals surface area contributed by atoms with Gasteiger partial charge in [-0.1, -0.05) is 13.3 Å². The van der Waals surface area contributed by atoms with Crippen molar-refractivity contribution < 1.29 is 12.8 Å². The maximum atomic E-state index is 13.3. The van der Waals surface area contributed by atoms with Gasteiger partial charge in [0.2, 0.25) is 10.0 Å². The van der Waals surface area contributed by atoms with Crippen molar-refractivity contribution in [3.05, 3.63) is 22.4 Å². The van der Waals surface area contributed by atoms with Crippen LogP contribution in [-0.2, 0) is 10.0 Å². The van der Waals surface area contributed by atoms with E-state index in [2.05, 4.69) is 15.9 Å². The lowest BCUT2D eigenvalue weighted by Crippen LogP contribution is -2.29. The summed E-state index contributed by atoms with van der Waals surface area (Å²) in [6.07, 6.45) is 1.82. The van der Waals surface area contributed by atoms with Crippen LogP contribution in [0.5, 0.6) is 0 Å². The molecule has 1 atom stereocenters. The summed E-state index contributed by atoms with van der Waals surface area (Å²) in [7, 11) is -3.61. The van der Waals surface area contributed by atoms with Gasteiger partial charge in [-0.25, -0.2) is 12.8 Å². The molecular formula is C12H16BrFN2O2S. The summed E-state index contributed by atoms with van der Waals surface area (Å²) >= 11 is 3.09. The first-order valence-corrected chi connectivity index (χ1v) is 8.34. The zero-order valence-corrected chi connectivity index (χ0v) is 13.0. The molecule has 0 bridgehead atoms. The van der Waals surface area contributed by atoms with Crippen molar-refractivity contribution in [3.63, 3.8) is 0 Å². The van der Waals surface area contributed by atoms with Gasteiger partial charge in [-0.2, -0.15) is 4.31 Å². The molecule has 1 heterocycles. The quantitative estimate of drug-likeness (QED) is 0.852. The van der Waals surface area contributed by atoms with Gasteiger partial charge in [0.25, 0.3) is 0 Å². The standard InChI is InChI=1S/C12H16BrFN2O2S/c1-2-8-3-4-16(7-8)19(17,18)12-6-11(15)10(14)5-9(12)13/h5-6,8H,2-4,7,15H2,1H3. The Labute approximate surface area is 121 Å². The van der Waals surface area contributed by atoms with Gasteiger partial charge in [0.05, 0.1) is 10.6 Å². The van der Waals surface area contributed by atoms with Gasteiger partial charge in [0, 0.05) is 17.6 Å². The molecule has 1 fully saturated rings. The molecule has 7 heteroatoms. The number of nitrogen functional groups attached to an aromatic ring is 1. The predicted molar refractivity (Wildman–Crippen MR) is 75.7 cm³/mol. The molecule has 1 aliphatic rings. The van der Waals surface area contributed by atoms with E-state index in [1.54, 1.807) is 0 Å². The zero-order chi connectivity index (χ0) is 14.2. The average Bonchev–Trinajstić information content (AvgIpc) is 2.83. The molecule has 0 amide bonds. The van der Waals surface area contributed by atoms with E-state index >= 15 is 0 Å².